The molecule has 1 aromatic carbocycles. The molecule has 0 aliphatic carbocycles. The van der Waals surface area contributed by atoms with Crippen LogP contribution in [0.3, 0.4) is 0 Å². The van der Waals surface area contributed by atoms with Gasteiger partial charge in [0.15, 0.2) is 0 Å². The summed E-state index contributed by atoms with van der Waals surface area (Å²) in [5.41, 5.74) is 0.904. The Labute approximate surface area is 95.9 Å². The number of rotatable bonds is 4. The molecule has 0 unspecified atom stereocenters. The summed E-state index contributed by atoms with van der Waals surface area (Å²) in [4.78, 5) is 10.8. The maximum atomic E-state index is 10.8. The topological polar surface area (TPSA) is 55.8 Å². The highest BCUT2D eigenvalue weighted by Crippen LogP contribution is 2.31. The second kappa shape index (κ2) is 5.14. The molecule has 0 aliphatic rings. The van der Waals surface area contributed by atoms with E-state index in [9.17, 15) is 4.79 Å². The van der Waals surface area contributed by atoms with E-state index in [4.69, 9.17) is 14.6 Å². The van der Waals surface area contributed by atoms with Crippen LogP contribution in [0.4, 0.5) is 0 Å². The Morgan fingerprint density at radius 3 is 2.60 bits per heavy atom. The third-order valence-electron chi connectivity index (χ3n) is 1.87. The normalized spacial score (nSPS) is 10.1. The van der Waals surface area contributed by atoms with Gasteiger partial charge in [-0.3, -0.25) is 0 Å². The molecule has 0 fully saturated rings. The lowest BCUT2D eigenvalue weighted by Crippen LogP contribution is -2.01. The highest BCUT2D eigenvalue weighted by Gasteiger charge is 2.13. The average molecular weight is 275 g/mol. The molecule has 0 bridgehead atoms. The highest BCUT2D eigenvalue weighted by atomic mass is 79.9. The molecule has 0 saturated heterocycles. The molecule has 0 atom stereocenters. The molecule has 82 valence electrons. The van der Waals surface area contributed by atoms with Crippen LogP contribution in [0.1, 0.15) is 15.9 Å². The standard InChI is InChI=1S/C10H11BrO4/c1-14-5-7-3-6(10(12)13)4-8(11)9(7)15-2/h3-4H,5H2,1-2H3,(H,12,13). The Bertz CT molecular complexity index is 376. The Morgan fingerprint density at radius 2 is 2.13 bits per heavy atom. The number of ether oxygens (including phenoxy) is 2. The summed E-state index contributed by atoms with van der Waals surface area (Å²) < 4.78 is 10.7. The maximum absolute atomic E-state index is 10.8. The smallest absolute Gasteiger partial charge is 0.335 e. The van der Waals surface area contributed by atoms with Crippen molar-refractivity contribution in [3.05, 3.63) is 27.7 Å². The van der Waals surface area contributed by atoms with Gasteiger partial charge in [-0.2, -0.15) is 0 Å². The van der Waals surface area contributed by atoms with Gasteiger partial charge in [0.1, 0.15) is 5.75 Å². The molecule has 0 radical (unpaired) electrons. The van der Waals surface area contributed by atoms with E-state index in [-0.39, 0.29) is 5.56 Å². The van der Waals surface area contributed by atoms with Gasteiger partial charge in [0.2, 0.25) is 0 Å². The number of hydrogen-bond donors (Lipinski definition) is 1. The molecule has 15 heavy (non-hydrogen) atoms. The van der Waals surface area contributed by atoms with Crippen LogP contribution in [0.2, 0.25) is 0 Å². The van der Waals surface area contributed by atoms with Gasteiger partial charge in [-0.25, -0.2) is 4.79 Å². The number of aromatic carboxylic acids is 1. The van der Waals surface area contributed by atoms with E-state index in [1.165, 1.54) is 19.2 Å². The van der Waals surface area contributed by atoms with Crippen molar-refractivity contribution in [3.63, 3.8) is 0 Å². The first-order valence-corrected chi connectivity index (χ1v) is 4.98. The Kier molecular flexibility index (Phi) is 4.11. The fourth-order valence-corrected chi connectivity index (χ4v) is 1.93. The quantitative estimate of drug-likeness (QED) is 0.916. The van der Waals surface area contributed by atoms with Crippen molar-refractivity contribution in [3.8, 4) is 5.75 Å². The average Bonchev–Trinajstić information content (AvgIpc) is 2.17. The SMILES string of the molecule is COCc1cc(C(=O)O)cc(Br)c1OC. The third-order valence-corrected chi connectivity index (χ3v) is 2.46. The van der Waals surface area contributed by atoms with Gasteiger partial charge in [-0.05, 0) is 28.1 Å². The predicted octanol–water partition coefficient (Wildman–Crippen LogP) is 2.30. The van der Waals surface area contributed by atoms with Crippen LogP contribution in [0.15, 0.2) is 16.6 Å². The number of hydrogen-bond acceptors (Lipinski definition) is 3. The number of benzene rings is 1. The van der Waals surface area contributed by atoms with Gasteiger partial charge in [0, 0.05) is 12.7 Å². The van der Waals surface area contributed by atoms with Crippen molar-refractivity contribution in [1.82, 2.24) is 0 Å². The van der Waals surface area contributed by atoms with E-state index in [0.717, 1.165) is 0 Å². The Balaban J connectivity index is 3.25. The van der Waals surface area contributed by atoms with E-state index >= 15 is 0 Å². The monoisotopic (exact) mass is 274 g/mol. The first-order chi connectivity index (χ1) is 7.10. The van der Waals surface area contributed by atoms with Crippen LogP contribution in [-0.4, -0.2) is 25.3 Å². The van der Waals surface area contributed by atoms with Crippen molar-refractivity contribution in [2.24, 2.45) is 0 Å². The van der Waals surface area contributed by atoms with Gasteiger partial charge in [-0.1, -0.05) is 0 Å². The molecule has 0 spiro atoms. The predicted molar refractivity (Wildman–Crippen MR) is 58.4 cm³/mol. The number of halogens is 1. The zero-order chi connectivity index (χ0) is 11.4. The minimum Gasteiger partial charge on any atom is -0.495 e. The van der Waals surface area contributed by atoms with Crippen molar-refractivity contribution in [2.75, 3.05) is 14.2 Å². The fourth-order valence-electron chi connectivity index (χ4n) is 1.27. The molecule has 0 heterocycles. The van der Waals surface area contributed by atoms with Gasteiger partial charge < -0.3 is 14.6 Å². The molecule has 0 saturated carbocycles. The molecule has 1 aromatic rings. The molecule has 1 N–H and O–H groups in total. The zero-order valence-corrected chi connectivity index (χ0v) is 10.00. The highest BCUT2D eigenvalue weighted by molar-refractivity contribution is 9.10. The van der Waals surface area contributed by atoms with E-state index in [0.29, 0.717) is 22.4 Å². The lowest BCUT2D eigenvalue weighted by molar-refractivity contribution is 0.0696. The molecule has 0 amide bonds. The van der Waals surface area contributed by atoms with Crippen molar-refractivity contribution in [1.29, 1.82) is 0 Å². The summed E-state index contributed by atoms with van der Waals surface area (Å²) in [5, 5.41) is 8.86. The van der Waals surface area contributed by atoms with Gasteiger partial charge in [0.25, 0.3) is 0 Å². The first-order valence-electron chi connectivity index (χ1n) is 4.18. The summed E-state index contributed by atoms with van der Waals surface area (Å²) in [5.74, 6) is -0.377. The van der Waals surface area contributed by atoms with Crippen molar-refractivity contribution in [2.45, 2.75) is 6.61 Å². The van der Waals surface area contributed by atoms with E-state index in [1.54, 1.807) is 7.11 Å². The lowest BCUT2D eigenvalue weighted by Gasteiger charge is -2.10. The molecule has 0 aromatic heterocycles. The number of carbonyl (C=O) groups is 1. The van der Waals surface area contributed by atoms with Crippen molar-refractivity contribution < 1.29 is 19.4 Å². The van der Waals surface area contributed by atoms with Crippen LogP contribution < -0.4 is 4.74 Å². The van der Waals surface area contributed by atoms with Gasteiger partial charge in [-0.15, -0.1) is 0 Å². The number of methoxy groups -OCH3 is 2. The Morgan fingerprint density at radius 1 is 1.47 bits per heavy atom. The first kappa shape index (κ1) is 12.0. The second-order valence-corrected chi connectivity index (χ2v) is 3.74. The molecule has 1 rings (SSSR count). The molecular formula is C10H11BrO4. The molecule has 0 aliphatic heterocycles. The zero-order valence-electron chi connectivity index (χ0n) is 8.41. The van der Waals surface area contributed by atoms with Crippen molar-refractivity contribution >= 4 is 21.9 Å². The van der Waals surface area contributed by atoms with E-state index in [1.807, 2.05) is 0 Å². The van der Waals surface area contributed by atoms with Crippen LogP contribution in [0.5, 0.6) is 5.75 Å². The van der Waals surface area contributed by atoms with Gasteiger partial charge in [0.05, 0.1) is 23.8 Å². The third kappa shape index (κ3) is 2.70. The van der Waals surface area contributed by atoms with Crippen LogP contribution >= 0.6 is 15.9 Å². The summed E-state index contributed by atoms with van der Waals surface area (Å²) >= 11 is 3.25. The maximum Gasteiger partial charge on any atom is 0.335 e. The van der Waals surface area contributed by atoms with Gasteiger partial charge >= 0.3 is 5.97 Å². The summed E-state index contributed by atoms with van der Waals surface area (Å²) in [6.07, 6.45) is 0. The molecular weight excluding hydrogens is 264 g/mol. The summed E-state index contributed by atoms with van der Waals surface area (Å²) in [6, 6.07) is 3.04. The van der Waals surface area contributed by atoms with Crippen LogP contribution in [0, 0.1) is 0 Å². The van der Waals surface area contributed by atoms with Crippen LogP contribution in [-0.2, 0) is 11.3 Å². The number of carboxylic acid groups (broad SMARTS) is 1. The number of carboxylic acids is 1. The van der Waals surface area contributed by atoms with E-state index < -0.39 is 5.97 Å². The summed E-state index contributed by atoms with van der Waals surface area (Å²) in [6.45, 7) is 0.308. The Hall–Kier alpha value is -1.07. The minimum atomic E-state index is -0.976. The lowest BCUT2D eigenvalue weighted by atomic mass is 10.1. The second-order valence-electron chi connectivity index (χ2n) is 2.89. The van der Waals surface area contributed by atoms with Crippen LogP contribution in [0.25, 0.3) is 0 Å². The molecule has 5 heteroatoms. The largest absolute Gasteiger partial charge is 0.495 e. The minimum absolute atomic E-state index is 0.203. The van der Waals surface area contributed by atoms with E-state index in [2.05, 4.69) is 15.9 Å². The fraction of sp³-hybridized carbons (Fsp3) is 0.300. The summed E-state index contributed by atoms with van der Waals surface area (Å²) in [7, 11) is 3.07. The molecule has 4 nitrogen and oxygen atoms in total.